The molecular formula is C9H20ClN. The fraction of sp³-hybridized carbons (Fsp3) is 1.00. The summed E-state index contributed by atoms with van der Waals surface area (Å²) in [5, 5.41) is 3.51. The second-order valence-corrected chi connectivity index (χ2v) is 3.94. The van der Waals surface area contributed by atoms with Crippen LogP contribution < -0.4 is 5.32 Å². The maximum absolute atomic E-state index is 5.79. The minimum absolute atomic E-state index is 0.0816. The molecule has 11 heavy (non-hydrogen) atoms. The lowest BCUT2D eigenvalue weighted by molar-refractivity contribution is 0.349. The fourth-order valence-corrected chi connectivity index (χ4v) is 1.16. The first-order chi connectivity index (χ1) is 5.05. The molecule has 0 spiro atoms. The molecule has 0 aromatic carbocycles. The fourth-order valence-electron chi connectivity index (χ4n) is 1.08. The topological polar surface area (TPSA) is 12.0 Å². The Labute approximate surface area is 75.5 Å². The van der Waals surface area contributed by atoms with Crippen molar-refractivity contribution >= 4 is 11.6 Å². The van der Waals surface area contributed by atoms with Crippen molar-refractivity contribution in [3.05, 3.63) is 0 Å². The van der Waals surface area contributed by atoms with Gasteiger partial charge < -0.3 is 5.32 Å². The average Bonchev–Trinajstić information content (AvgIpc) is 2.00. The van der Waals surface area contributed by atoms with Gasteiger partial charge in [0.15, 0.2) is 0 Å². The zero-order chi connectivity index (χ0) is 8.91. The second kappa shape index (κ2) is 5.00. The highest BCUT2D eigenvalue weighted by Crippen LogP contribution is 2.08. The molecule has 0 atom stereocenters. The minimum Gasteiger partial charge on any atom is -0.308 e. The number of nitrogens with one attached hydrogen (secondary N) is 1. The highest BCUT2D eigenvalue weighted by molar-refractivity contribution is 6.18. The van der Waals surface area contributed by atoms with Crippen LogP contribution in [0.1, 0.15) is 40.5 Å². The third kappa shape index (κ3) is 4.65. The van der Waals surface area contributed by atoms with E-state index in [0.717, 1.165) is 0 Å². The molecule has 0 saturated heterocycles. The van der Waals surface area contributed by atoms with Crippen LogP contribution in [0.25, 0.3) is 0 Å². The molecule has 0 aliphatic carbocycles. The van der Waals surface area contributed by atoms with Gasteiger partial charge in [-0.05, 0) is 26.7 Å². The molecule has 68 valence electrons. The van der Waals surface area contributed by atoms with Crippen molar-refractivity contribution < 1.29 is 0 Å². The monoisotopic (exact) mass is 177 g/mol. The third-order valence-corrected chi connectivity index (χ3v) is 2.58. The SMILES string of the molecule is CCC(CC)NC(C)(C)CCl. The van der Waals surface area contributed by atoms with Crippen LogP contribution in [-0.2, 0) is 0 Å². The van der Waals surface area contributed by atoms with Gasteiger partial charge in [-0.1, -0.05) is 13.8 Å². The largest absolute Gasteiger partial charge is 0.308 e. The van der Waals surface area contributed by atoms with Crippen molar-refractivity contribution in [1.29, 1.82) is 0 Å². The quantitative estimate of drug-likeness (QED) is 0.637. The molecule has 0 aromatic heterocycles. The molecule has 0 fully saturated rings. The lowest BCUT2D eigenvalue weighted by atomic mass is 10.0. The van der Waals surface area contributed by atoms with Gasteiger partial charge in [0, 0.05) is 17.5 Å². The van der Waals surface area contributed by atoms with E-state index in [1.54, 1.807) is 0 Å². The van der Waals surface area contributed by atoms with Crippen molar-refractivity contribution in [2.45, 2.75) is 52.1 Å². The normalized spacial score (nSPS) is 12.5. The Hall–Kier alpha value is 0.250. The standard InChI is InChI=1S/C9H20ClN/c1-5-8(6-2)11-9(3,4)7-10/h8,11H,5-7H2,1-4H3. The van der Waals surface area contributed by atoms with Crippen LogP contribution >= 0.6 is 11.6 Å². The van der Waals surface area contributed by atoms with Crippen molar-refractivity contribution in [3.8, 4) is 0 Å². The Morgan fingerprint density at radius 1 is 1.27 bits per heavy atom. The zero-order valence-corrected chi connectivity index (χ0v) is 8.83. The van der Waals surface area contributed by atoms with E-state index in [1.807, 2.05) is 0 Å². The van der Waals surface area contributed by atoms with Crippen molar-refractivity contribution in [2.24, 2.45) is 0 Å². The first-order valence-corrected chi connectivity index (χ1v) is 4.92. The average molecular weight is 178 g/mol. The highest BCUT2D eigenvalue weighted by Gasteiger charge is 2.18. The van der Waals surface area contributed by atoms with E-state index in [4.69, 9.17) is 11.6 Å². The van der Waals surface area contributed by atoms with Crippen LogP contribution in [0, 0.1) is 0 Å². The predicted octanol–water partition coefficient (Wildman–Crippen LogP) is 2.78. The van der Waals surface area contributed by atoms with E-state index in [0.29, 0.717) is 11.9 Å². The van der Waals surface area contributed by atoms with Crippen LogP contribution in [0.2, 0.25) is 0 Å². The Bertz CT molecular complexity index is 97.7. The van der Waals surface area contributed by atoms with Gasteiger partial charge >= 0.3 is 0 Å². The summed E-state index contributed by atoms with van der Waals surface area (Å²) in [5.74, 6) is 0.670. The Balaban J connectivity index is 3.79. The van der Waals surface area contributed by atoms with Gasteiger partial charge in [-0.2, -0.15) is 0 Å². The van der Waals surface area contributed by atoms with Crippen LogP contribution in [0.15, 0.2) is 0 Å². The van der Waals surface area contributed by atoms with Crippen LogP contribution in [0.5, 0.6) is 0 Å². The Morgan fingerprint density at radius 2 is 1.73 bits per heavy atom. The first-order valence-electron chi connectivity index (χ1n) is 4.39. The maximum atomic E-state index is 5.79. The summed E-state index contributed by atoms with van der Waals surface area (Å²) in [7, 11) is 0. The minimum atomic E-state index is 0.0816. The zero-order valence-electron chi connectivity index (χ0n) is 8.08. The van der Waals surface area contributed by atoms with Crippen LogP contribution in [-0.4, -0.2) is 17.5 Å². The molecule has 0 saturated carbocycles. The Morgan fingerprint density at radius 3 is 2.00 bits per heavy atom. The van der Waals surface area contributed by atoms with Crippen LogP contribution in [0.3, 0.4) is 0 Å². The molecule has 1 nitrogen and oxygen atoms in total. The first kappa shape index (κ1) is 11.2. The van der Waals surface area contributed by atoms with Gasteiger partial charge in [0.1, 0.15) is 0 Å². The molecule has 0 aliphatic heterocycles. The van der Waals surface area contributed by atoms with E-state index in [1.165, 1.54) is 12.8 Å². The summed E-state index contributed by atoms with van der Waals surface area (Å²) in [4.78, 5) is 0. The molecule has 0 heterocycles. The highest BCUT2D eigenvalue weighted by atomic mass is 35.5. The van der Waals surface area contributed by atoms with E-state index < -0.39 is 0 Å². The molecule has 1 N–H and O–H groups in total. The molecular weight excluding hydrogens is 158 g/mol. The Kier molecular flexibility index (Phi) is 5.11. The molecule has 0 amide bonds. The van der Waals surface area contributed by atoms with Crippen molar-refractivity contribution in [3.63, 3.8) is 0 Å². The summed E-state index contributed by atoms with van der Waals surface area (Å²) in [6.45, 7) is 8.67. The summed E-state index contributed by atoms with van der Waals surface area (Å²) in [6.07, 6.45) is 2.35. The summed E-state index contributed by atoms with van der Waals surface area (Å²) in [5.41, 5.74) is 0.0816. The van der Waals surface area contributed by atoms with E-state index in [2.05, 4.69) is 33.0 Å². The van der Waals surface area contributed by atoms with Gasteiger partial charge in [0.05, 0.1) is 0 Å². The van der Waals surface area contributed by atoms with Gasteiger partial charge in [0.2, 0.25) is 0 Å². The van der Waals surface area contributed by atoms with Crippen molar-refractivity contribution in [2.75, 3.05) is 5.88 Å². The molecule has 0 bridgehead atoms. The number of halogens is 1. The van der Waals surface area contributed by atoms with Crippen molar-refractivity contribution in [1.82, 2.24) is 5.32 Å². The molecule has 0 aliphatic rings. The lowest BCUT2D eigenvalue weighted by Crippen LogP contribution is -2.46. The van der Waals surface area contributed by atoms with Gasteiger partial charge in [-0.25, -0.2) is 0 Å². The lowest BCUT2D eigenvalue weighted by Gasteiger charge is -2.29. The molecule has 0 aromatic rings. The number of hydrogen-bond donors (Lipinski definition) is 1. The van der Waals surface area contributed by atoms with E-state index >= 15 is 0 Å². The number of hydrogen-bond acceptors (Lipinski definition) is 1. The molecule has 0 radical (unpaired) electrons. The number of alkyl halides is 1. The predicted molar refractivity (Wildman–Crippen MR) is 52.3 cm³/mol. The summed E-state index contributed by atoms with van der Waals surface area (Å²) >= 11 is 5.79. The van der Waals surface area contributed by atoms with Gasteiger partial charge in [0.25, 0.3) is 0 Å². The van der Waals surface area contributed by atoms with E-state index in [-0.39, 0.29) is 5.54 Å². The van der Waals surface area contributed by atoms with Crippen LogP contribution in [0.4, 0.5) is 0 Å². The number of rotatable bonds is 5. The summed E-state index contributed by atoms with van der Waals surface area (Å²) in [6, 6.07) is 0.615. The smallest absolute Gasteiger partial charge is 0.0400 e. The molecule has 0 rings (SSSR count). The van der Waals surface area contributed by atoms with Gasteiger partial charge in [-0.3, -0.25) is 0 Å². The third-order valence-electron chi connectivity index (χ3n) is 1.91. The van der Waals surface area contributed by atoms with Gasteiger partial charge in [-0.15, -0.1) is 11.6 Å². The summed E-state index contributed by atoms with van der Waals surface area (Å²) < 4.78 is 0. The second-order valence-electron chi connectivity index (χ2n) is 3.68. The maximum Gasteiger partial charge on any atom is 0.0400 e. The molecule has 0 unspecified atom stereocenters. The van der Waals surface area contributed by atoms with E-state index in [9.17, 15) is 0 Å². The molecule has 2 heteroatoms.